The smallest absolute Gasteiger partial charge is 0.335 e. The molecule has 0 spiro atoms. The van der Waals surface area contributed by atoms with E-state index in [1.54, 1.807) is 19.1 Å². The zero-order valence-electron chi connectivity index (χ0n) is 9.94. The Morgan fingerprint density at radius 2 is 2.05 bits per heavy atom. The van der Waals surface area contributed by atoms with Gasteiger partial charge in [-0.2, -0.15) is 0 Å². The van der Waals surface area contributed by atoms with Gasteiger partial charge in [-0.1, -0.05) is 0 Å². The van der Waals surface area contributed by atoms with Crippen molar-refractivity contribution in [1.29, 1.82) is 0 Å². The molecule has 98 valence electrons. The summed E-state index contributed by atoms with van der Waals surface area (Å²) in [6, 6.07) is 6.22. The summed E-state index contributed by atoms with van der Waals surface area (Å²) in [4.78, 5) is 22.9. The Morgan fingerprint density at radius 1 is 1.32 bits per heavy atom. The van der Waals surface area contributed by atoms with Crippen LogP contribution < -0.4 is 5.32 Å². The number of aryl methyl sites for hydroxylation is 1. The second-order valence-electron chi connectivity index (χ2n) is 3.89. The van der Waals surface area contributed by atoms with E-state index in [0.717, 1.165) is 9.13 Å². The van der Waals surface area contributed by atoms with Crippen molar-refractivity contribution in [3.8, 4) is 0 Å². The van der Waals surface area contributed by atoms with Crippen molar-refractivity contribution in [2.45, 2.75) is 6.92 Å². The molecule has 0 aliphatic carbocycles. The summed E-state index contributed by atoms with van der Waals surface area (Å²) in [5.41, 5.74) is 1.29. The molecule has 0 unspecified atom stereocenters. The molecule has 0 bridgehead atoms. The van der Waals surface area contributed by atoms with E-state index in [-0.39, 0.29) is 11.3 Å². The van der Waals surface area contributed by atoms with Crippen LogP contribution in [0.3, 0.4) is 0 Å². The number of halogens is 1. The van der Waals surface area contributed by atoms with Gasteiger partial charge in [0.15, 0.2) is 5.76 Å². The fourth-order valence-electron chi connectivity index (χ4n) is 1.54. The fourth-order valence-corrected chi connectivity index (χ4v) is 2.01. The predicted octanol–water partition coefficient (Wildman–Crippen LogP) is 3.14. The summed E-state index contributed by atoms with van der Waals surface area (Å²) >= 11 is 2.02. The number of aromatic carboxylic acids is 1. The predicted molar refractivity (Wildman–Crippen MR) is 77.5 cm³/mol. The van der Waals surface area contributed by atoms with Crippen LogP contribution in [0.5, 0.6) is 0 Å². The Balaban J connectivity index is 2.28. The maximum atomic E-state index is 12.0. The number of carboxylic acid groups (broad SMARTS) is 1. The number of amides is 1. The van der Waals surface area contributed by atoms with Gasteiger partial charge in [0, 0.05) is 9.13 Å². The molecule has 1 heterocycles. The van der Waals surface area contributed by atoms with E-state index in [0.29, 0.717) is 5.69 Å². The summed E-state index contributed by atoms with van der Waals surface area (Å²) in [6.45, 7) is 1.76. The average molecular weight is 371 g/mol. The summed E-state index contributed by atoms with van der Waals surface area (Å²) < 4.78 is 5.84. The molecule has 5 nitrogen and oxygen atoms in total. The van der Waals surface area contributed by atoms with Crippen LogP contribution in [0.25, 0.3) is 0 Å². The van der Waals surface area contributed by atoms with Gasteiger partial charge in [-0.05, 0) is 53.8 Å². The standard InChI is InChI=1S/C13H10INO4/c1-7-4-5-19-11(7)12(16)15-10-6-8(13(17)18)2-3-9(10)14/h2-6H,1H3,(H,15,16)(H,17,18). The molecule has 2 N–H and O–H groups in total. The summed E-state index contributed by atoms with van der Waals surface area (Å²) in [5.74, 6) is -1.22. The van der Waals surface area contributed by atoms with E-state index >= 15 is 0 Å². The van der Waals surface area contributed by atoms with E-state index in [9.17, 15) is 9.59 Å². The monoisotopic (exact) mass is 371 g/mol. The van der Waals surface area contributed by atoms with E-state index < -0.39 is 11.9 Å². The van der Waals surface area contributed by atoms with E-state index in [4.69, 9.17) is 9.52 Å². The van der Waals surface area contributed by atoms with Gasteiger partial charge < -0.3 is 14.8 Å². The van der Waals surface area contributed by atoms with Crippen LogP contribution in [0.2, 0.25) is 0 Å². The molecule has 0 saturated heterocycles. The second-order valence-corrected chi connectivity index (χ2v) is 5.05. The number of hydrogen-bond acceptors (Lipinski definition) is 3. The topological polar surface area (TPSA) is 79.5 Å². The lowest BCUT2D eigenvalue weighted by molar-refractivity contribution is 0.0696. The lowest BCUT2D eigenvalue weighted by Gasteiger charge is -2.07. The molecule has 1 aromatic heterocycles. The molecule has 0 atom stereocenters. The SMILES string of the molecule is Cc1ccoc1C(=O)Nc1cc(C(=O)O)ccc1I. The van der Waals surface area contributed by atoms with Gasteiger partial charge in [0.2, 0.25) is 0 Å². The van der Waals surface area contributed by atoms with E-state index in [1.807, 2.05) is 22.6 Å². The Morgan fingerprint density at radius 3 is 2.63 bits per heavy atom. The molecule has 2 rings (SSSR count). The highest BCUT2D eigenvalue weighted by molar-refractivity contribution is 14.1. The van der Waals surface area contributed by atoms with Crippen LogP contribution in [0.15, 0.2) is 34.9 Å². The first-order valence-electron chi connectivity index (χ1n) is 5.37. The van der Waals surface area contributed by atoms with Crippen molar-refractivity contribution in [3.05, 3.63) is 51.0 Å². The number of furan rings is 1. The molecule has 0 saturated carbocycles. The number of benzene rings is 1. The summed E-state index contributed by atoms with van der Waals surface area (Å²) in [5, 5.41) is 11.6. The molecule has 0 radical (unpaired) electrons. The van der Waals surface area contributed by atoms with Crippen LogP contribution >= 0.6 is 22.6 Å². The minimum Gasteiger partial charge on any atom is -0.478 e. The first-order chi connectivity index (χ1) is 8.99. The Bertz CT molecular complexity index is 648. The van der Waals surface area contributed by atoms with Crippen molar-refractivity contribution in [1.82, 2.24) is 0 Å². The van der Waals surface area contributed by atoms with Gasteiger partial charge in [-0.15, -0.1) is 0 Å². The molecule has 0 aliphatic heterocycles. The third-order valence-electron chi connectivity index (χ3n) is 2.53. The normalized spacial score (nSPS) is 10.2. The number of nitrogens with one attached hydrogen (secondary N) is 1. The minimum atomic E-state index is -1.04. The van der Waals surface area contributed by atoms with Crippen LogP contribution in [-0.2, 0) is 0 Å². The van der Waals surface area contributed by atoms with E-state index in [2.05, 4.69) is 5.32 Å². The molecular weight excluding hydrogens is 361 g/mol. The lowest BCUT2D eigenvalue weighted by atomic mass is 10.2. The highest BCUT2D eigenvalue weighted by Gasteiger charge is 2.15. The van der Waals surface area contributed by atoms with Crippen LogP contribution in [0.4, 0.5) is 5.69 Å². The van der Waals surface area contributed by atoms with Crippen LogP contribution in [0.1, 0.15) is 26.5 Å². The number of carboxylic acids is 1. The fraction of sp³-hybridized carbons (Fsp3) is 0.0769. The average Bonchev–Trinajstić information content (AvgIpc) is 2.78. The van der Waals surface area contributed by atoms with Crippen molar-refractivity contribution in [2.75, 3.05) is 5.32 Å². The Kier molecular flexibility index (Phi) is 3.89. The van der Waals surface area contributed by atoms with Gasteiger partial charge in [-0.3, -0.25) is 4.79 Å². The first-order valence-corrected chi connectivity index (χ1v) is 6.45. The molecule has 6 heteroatoms. The van der Waals surface area contributed by atoms with Crippen molar-refractivity contribution in [3.63, 3.8) is 0 Å². The van der Waals surface area contributed by atoms with Crippen LogP contribution in [-0.4, -0.2) is 17.0 Å². The second kappa shape index (κ2) is 5.43. The third-order valence-corrected chi connectivity index (χ3v) is 3.47. The van der Waals surface area contributed by atoms with Crippen molar-refractivity contribution in [2.24, 2.45) is 0 Å². The number of anilines is 1. The van der Waals surface area contributed by atoms with Crippen molar-refractivity contribution >= 4 is 40.2 Å². The first kappa shape index (κ1) is 13.6. The number of carbonyl (C=O) groups excluding carboxylic acids is 1. The Hall–Kier alpha value is -1.83. The largest absolute Gasteiger partial charge is 0.478 e. The summed E-state index contributed by atoms with van der Waals surface area (Å²) in [6.07, 6.45) is 1.43. The lowest BCUT2D eigenvalue weighted by Crippen LogP contribution is -2.13. The molecule has 0 fully saturated rings. The third kappa shape index (κ3) is 2.95. The van der Waals surface area contributed by atoms with Gasteiger partial charge in [0.1, 0.15) is 0 Å². The molecule has 0 aliphatic rings. The molecule has 1 amide bonds. The number of hydrogen-bond donors (Lipinski definition) is 2. The van der Waals surface area contributed by atoms with Crippen molar-refractivity contribution < 1.29 is 19.1 Å². The summed E-state index contributed by atoms with van der Waals surface area (Å²) in [7, 11) is 0. The van der Waals surface area contributed by atoms with Gasteiger partial charge in [0.25, 0.3) is 5.91 Å². The van der Waals surface area contributed by atoms with Gasteiger partial charge in [-0.25, -0.2) is 4.79 Å². The van der Waals surface area contributed by atoms with Crippen LogP contribution in [0, 0.1) is 10.5 Å². The zero-order valence-corrected chi connectivity index (χ0v) is 12.1. The maximum Gasteiger partial charge on any atom is 0.335 e. The number of rotatable bonds is 3. The highest BCUT2D eigenvalue weighted by atomic mass is 127. The minimum absolute atomic E-state index is 0.117. The zero-order chi connectivity index (χ0) is 14.0. The number of carbonyl (C=O) groups is 2. The Labute approximate surface area is 122 Å². The highest BCUT2D eigenvalue weighted by Crippen LogP contribution is 2.21. The quantitative estimate of drug-likeness (QED) is 0.813. The molecule has 19 heavy (non-hydrogen) atoms. The maximum absolute atomic E-state index is 12.0. The molecule has 1 aromatic carbocycles. The van der Waals surface area contributed by atoms with Gasteiger partial charge >= 0.3 is 5.97 Å². The van der Waals surface area contributed by atoms with E-state index in [1.165, 1.54) is 18.4 Å². The van der Waals surface area contributed by atoms with Gasteiger partial charge in [0.05, 0.1) is 17.5 Å². The molecule has 2 aromatic rings. The molecular formula is C13H10INO4.